The van der Waals surface area contributed by atoms with Crippen molar-refractivity contribution in [1.82, 2.24) is 14.7 Å². The second kappa shape index (κ2) is 13.9. The Kier molecular flexibility index (Phi) is 12.8. The maximum absolute atomic E-state index is 12.7. The van der Waals surface area contributed by atoms with Gasteiger partial charge in [-0.15, -0.1) is 6.58 Å². The van der Waals surface area contributed by atoms with Crippen LogP contribution in [-0.4, -0.2) is 40.6 Å². The van der Waals surface area contributed by atoms with Crippen LogP contribution in [0, 0.1) is 0 Å². The number of hydrogen-bond acceptors (Lipinski definition) is 4. The van der Waals surface area contributed by atoms with E-state index in [1.807, 2.05) is 6.92 Å². The number of aromatic nitrogens is 2. The first-order valence-corrected chi connectivity index (χ1v) is 10.5. The topological polar surface area (TPSA) is 93.2 Å². The van der Waals surface area contributed by atoms with E-state index in [2.05, 4.69) is 17.0 Å². The maximum atomic E-state index is 12.7. The molecule has 13 heteroatoms. The van der Waals surface area contributed by atoms with Gasteiger partial charge >= 0.3 is 6.18 Å². The van der Waals surface area contributed by atoms with Gasteiger partial charge in [0.15, 0.2) is 5.69 Å². The van der Waals surface area contributed by atoms with E-state index in [1.165, 1.54) is 44.4 Å². The van der Waals surface area contributed by atoms with E-state index in [4.69, 9.17) is 40.5 Å². The highest BCUT2D eigenvalue weighted by Crippen LogP contribution is 2.32. The Bertz CT molecular complexity index is 1050. The third kappa shape index (κ3) is 9.66. The summed E-state index contributed by atoms with van der Waals surface area (Å²) in [6.07, 6.45) is -1.60. The third-order valence-electron chi connectivity index (χ3n) is 3.56. The van der Waals surface area contributed by atoms with Crippen LogP contribution in [0.5, 0.6) is 0 Å². The molecular formula is C21H25Cl3F3N5O2. The van der Waals surface area contributed by atoms with Crippen molar-refractivity contribution in [3.63, 3.8) is 0 Å². The number of benzene rings is 1. The number of rotatable bonds is 3. The molecule has 0 aliphatic rings. The summed E-state index contributed by atoms with van der Waals surface area (Å²) in [5.74, 6) is -1.40. The molecule has 0 radical (unpaired) electrons. The number of carbonyl (C=O) groups excluding carboxylic acids is 2. The Labute approximate surface area is 210 Å². The van der Waals surface area contributed by atoms with Crippen LogP contribution in [0.3, 0.4) is 0 Å². The molecule has 7 nitrogen and oxygen atoms in total. The minimum atomic E-state index is -4.69. The smallest absolute Gasteiger partial charge is 0.404 e. The van der Waals surface area contributed by atoms with E-state index < -0.39 is 23.7 Å². The summed E-state index contributed by atoms with van der Waals surface area (Å²) in [7, 11) is 4.17. The molecule has 1 heterocycles. The number of alkyl halides is 3. The quantitative estimate of drug-likeness (QED) is 0.470. The van der Waals surface area contributed by atoms with Gasteiger partial charge in [-0.2, -0.15) is 18.3 Å². The van der Waals surface area contributed by atoms with Crippen molar-refractivity contribution < 1.29 is 22.8 Å². The van der Waals surface area contributed by atoms with Crippen molar-refractivity contribution in [2.24, 2.45) is 12.8 Å². The van der Waals surface area contributed by atoms with Gasteiger partial charge in [-0.25, -0.2) is 0 Å². The van der Waals surface area contributed by atoms with Crippen molar-refractivity contribution in [3.05, 3.63) is 69.1 Å². The van der Waals surface area contributed by atoms with Gasteiger partial charge in [0, 0.05) is 43.5 Å². The number of aryl methyl sites for hydroxylation is 1. The first-order valence-electron chi connectivity index (χ1n) is 9.34. The molecule has 2 aromatic rings. The van der Waals surface area contributed by atoms with Crippen molar-refractivity contribution >= 4 is 52.3 Å². The Hall–Kier alpha value is -2.69. The van der Waals surface area contributed by atoms with E-state index in [9.17, 15) is 22.8 Å². The average Bonchev–Trinajstić information content (AvgIpc) is 3.12. The van der Waals surface area contributed by atoms with E-state index in [1.54, 1.807) is 13.0 Å². The maximum Gasteiger partial charge on any atom is 0.435 e. The standard InChI is InChI=1S/C15H13Cl2F3N4O2.C3H6ClN.C3H6/c1-23(2)14(26)8-4-7(16)5-9(17)12(8)21-13(25)10-6-11(15(18,19)20)22-24(10)3;1-3(4)2-5;1-3-2/h4-6H,1-3H3,(H,21,25);2H,5H2,1H3;3H,1H2,2H3/b;3-2+;. The van der Waals surface area contributed by atoms with Crippen LogP contribution in [0.4, 0.5) is 18.9 Å². The van der Waals surface area contributed by atoms with Crippen LogP contribution in [-0.2, 0) is 13.2 Å². The van der Waals surface area contributed by atoms with E-state index >= 15 is 0 Å². The zero-order valence-corrected chi connectivity index (χ0v) is 21.4. The largest absolute Gasteiger partial charge is 0.435 e. The van der Waals surface area contributed by atoms with Crippen LogP contribution in [0.1, 0.15) is 40.4 Å². The highest BCUT2D eigenvalue weighted by molar-refractivity contribution is 6.38. The normalized spacial score (nSPS) is 10.9. The number of nitrogens with two attached hydrogens (primary N) is 1. The summed E-state index contributed by atoms with van der Waals surface area (Å²) in [4.78, 5) is 25.9. The fraction of sp³-hybridized carbons (Fsp3) is 0.286. The zero-order valence-electron chi connectivity index (χ0n) is 19.1. The fourth-order valence-electron chi connectivity index (χ4n) is 2.11. The number of nitrogens with zero attached hydrogens (tertiary/aromatic N) is 3. The zero-order chi connectivity index (χ0) is 26.8. The van der Waals surface area contributed by atoms with Gasteiger partial charge in [-0.3, -0.25) is 14.3 Å². The molecule has 0 atom stereocenters. The van der Waals surface area contributed by atoms with Gasteiger partial charge in [0.1, 0.15) is 5.69 Å². The lowest BCUT2D eigenvalue weighted by Gasteiger charge is -2.16. The molecule has 0 saturated heterocycles. The van der Waals surface area contributed by atoms with Crippen LogP contribution in [0.25, 0.3) is 0 Å². The molecule has 0 aliphatic heterocycles. The monoisotopic (exact) mass is 541 g/mol. The van der Waals surface area contributed by atoms with Crippen molar-refractivity contribution in [3.8, 4) is 0 Å². The Balaban J connectivity index is 0.00000118. The third-order valence-corrected chi connectivity index (χ3v) is 4.20. The number of carbonyl (C=O) groups is 2. The molecule has 2 rings (SSSR count). The molecule has 0 aliphatic carbocycles. The molecular weight excluding hydrogens is 518 g/mol. The van der Waals surface area contributed by atoms with Crippen LogP contribution < -0.4 is 11.1 Å². The number of nitrogens with one attached hydrogen (secondary N) is 1. The molecule has 3 N–H and O–H groups in total. The van der Waals surface area contributed by atoms with E-state index in [-0.39, 0.29) is 27.0 Å². The van der Waals surface area contributed by atoms with Crippen LogP contribution in [0.2, 0.25) is 10.0 Å². The van der Waals surface area contributed by atoms with Gasteiger partial charge in [-0.1, -0.05) is 40.9 Å². The summed E-state index contributed by atoms with van der Waals surface area (Å²) >= 11 is 17.2. The van der Waals surface area contributed by atoms with E-state index in [0.717, 1.165) is 4.68 Å². The molecule has 0 unspecified atom stereocenters. The van der Waals surface area contributed by atoms with Gasteiger partial charge < -0.3 is 16.0 Å². The highest BCUT2D eigenvalue weighted by Gasteiger charge is 2.35. The summed E-state index contributed by atoms with van der Waals surface area (Å²) in [5.41, 5.74) is 3.25. The fourth-order valence-corrected chi connectivity index (χ4v) is 2.65. The molecule has 0 fully saturated rings. The molecule has 1 aromatic heterocycles. The number of anilines is 1. The van der Waals surface area contributed by atoms with Gasteiger partial charge in [0.2, 0.25) is 0 Å². The average molecular weight is 543 g/mol. The van der Waals surface area contributed by atoms with Crippen LogP contribution in [0.15, 0.2) is 42.1 Å². The summed E-state index contributed by atoms with van der Waals surface area (Å²) in [6, 6.07) is 3.21. The Morgan fingerprint density at radius 3 is 2.12 bits per heavy atom. The minimum Gasteiger partial charge on any atom is -0.404 e. The molecule has 0 spiro atoms. The predicted molar refractivity (Wildman–Crippen MR) is 130 cm³/mol. The first-order chi connectivity index (χ1) is 15.6. The number of allylic oxidation sites excluding steroid dienone is 2. The molecule has 1 aromatic carbocycles. The van der Waals surface area contributed by atoms with Crippen LogP contribution >= 0.6 is 34.8 Å². The van der Waals surface area contributed by atoms with Gasteiger partial charge in [0.05, 0.1) is 16.3 Å². The number of amides is 2. The lowest BCUT2D eigenvalue weighted by atomic mass is 10.1. The molecule has 0 saturated carbocycles. The van der Waals surface area contributed by atoms with E-state index in [0.29, 0.717) is 11.1 Å². The number of halogens is 6. The lowest BCUT2D eigenvalue weighted by Crippen LogP contribution is -2.25. The molecule has 2 amide bonds. The number of hydrogen-bond donors (Lipinski definition) is 2. The minimum absolute atomic E-state index is 0.000867. The summed E-state index contributed by atoms with van der Waals surface area (Å²) < 4.78 is 39.0. The van der Waals surface area contributed by atoms with Gasteiger partial charge in [-0.05, 0) is 26.0 Å². The Morgan fingerprint density at radius 1 is 1.24 bits per heavy atom. The highest BCUT2D eigenvalue weighted by atomic mass is 35.5. The molecule has 34 heavy (non-hydrogen) atoms. The second-order valence-corrected chi connectivity index (χ2v) is 8.10. The van der Waals surface area contributed by atoms with Gasteiger partial charge in [0.25, 0.3) is 11.8 Å². The SMILES string of the molecule is C/C(Cl)=C\N.C=CC.CN(C)C(=O)c1cc(Cl)cc(Cl)c1NC(=O)c1cc(C(F)(F)F)nn1C. The predicted octanol–water partition coefficient (Wildman–Crippen LogP) is 5.94. The van der Waals surface area contributed by atoms with Crippen molar-refractivity contribution in [1.29, 1.82) is 0 Å². The molecule has 0 bridgehead atoms. The summed E-state index contributed by atoms with van der Waals surface area (Å²) in [6.45, 7) is 6.97. The lowest BCUT2D eigenvalue weighted by molar-refractivity contribution is -0.141. The first kappa shape index (κ1) is 31.3. The molecule has 188 valence electrons. The Morgan fingerprint density at radius 2 is 1.74 bits per heavy atom. The second-order valence-electron chi connectivity index (χ2n) is 6.66. The summed E-state index contributed by atoms with van der Waals surface area (Å²) in [5, 5.41) is 6.39. The van der Waals surface area contributed by atoms with Crippen molar-refractivity contribution in [2.75, 3.05) is 19.4 Å². The van der Waals surface area contributed by atoms with Crippen molar-refractivity contribution in [2.45, 2.75) is 20.0 Å².